The summed E-state index contributed by atoms with van der Waals surface area (Å²) in [4.78, 5) is 0. The lowest BCUT2D eigenvalue weighted by Gasteiger charge is -2.21. The Balaban J connectivity index is 2.72. The molecule has 0 amide bonds. The molecule has 1 heterocycles. The highest BCUT2D eigenvalue weighted by Gasteiger charge is 2.26. The molecule has 0 aromatic carbocycles. The van der Waals surface area contributed by atoms with Crippen molar-refractivity contribution in [3.8, 4) is 0 Å². The first-order valence-electron chi connectivity index (χ1n) is 3.26. The molecule has 0 saturated heterocycles. The quantitative estimate of drug-likeness (QED) is 0.608. The van der Waals surface area contributed by atoms with Gasteiger partial charge in [0.15, 0.2) is 0 Å². The summed E-state index contributed by atoms with van der Waals surface area (Å²) in [6.07, 6.45) is 0. The minimum atomic E-state index is 0.118. The summed E-state index contributed by atoms with van der Waals surface area (Å²) in [5, 5.41) is 4.13. The van der Waals surface area contributed by atoms with Crippen LogP contribution < -0.4 is 5.43 Å². The highest BCUT2D eigenvalue weighted by Crippen LogP contribution is 2.22. The monoisotopic (exact) mass is 205 g/mol. The Morgan fingerprint density at radius 3 is 2.40 bits per heavy atom. The maximum atomic E-state index is 4.13. The van der Waals surface area contributed by atoms with Gasteiger partial charge in [-0.1, -0.05) is 20.8 Å². The zero-order chi connectivity index (χ0) is 7.78. The third kappa shape index (κ3) is 1.42. The number of hydrazone groups is 1. The Morgan fingerprint density at radius 1 is 1.60 bits per heavy atom. The predicted molar refractivity (Wildman–Crippen MR) is 45.7 cm³/mol. The number of hydrogen-bond donors (Lipinski definition) is 1. The van der Waals surface area contributed by atoms with Gasteiger partial charge in [-0.05, 0) is 0 Å². The van der Waals surface area contributed by atoms with Crippen molar-refractivity contribution in [2.24, 2.45) is 10.5 Å². The molecular formula is C6H12BrN3. The van der Waals surface area contributed by atoms with Crippen molar-refractivity contribution < 1.29 is 0 Å². The van der Waals surface area contributed by atoms with Crippen LogP contribution in [0.25, 0.3) is 0 Å². The van der Waals surface area contributed by atoms with E-state index in [1.54, 1.807) is 0 Å². The molecule has 0 unspecified atom stereocenters. The summed E-state index contributed by atoms with van der Waals surface area (Å²) in [7, 11) is 0. The van der Waals surface area contributed by atoms with Crippen molar-refractivity contribution >= 4 is 22.0 Å². The van der Waals surface area contributed by atoms with E-state index in [0.717, 1.165) is 12.5 Å². The number of nitrogens with one attached hydrogen (secondary N) is 1. The van der Waals surface area contributed by atoms with Gasteiger partial charge in [-0.3, -0.25) is 9.35 Å². The summed E-state index contributed by atoms with van der Waals surface area (Å²) >= 11 is 3.38. The van der Waals surface area contributed by atoms with Gasteiger partial charge >= 0.3 is 0 Å². The molecule has 0 aliphatic carbocycles. The highest BCUT2D eigenvalue weighted by atomic mass is 79.9. The maximum absolute atomic E-state index is 4.13. The first-order valence-corrected chi connectivity index (χ1v) is 3.97. The Hall–Kier alpha value is -0.250. The van der Waals surface area contributed by atoms with Gasteiger partial charge in [0.25, 0.3) is 0 Å². The van der Waals surface area contributed by atoms with E-state index in [4.69, 9.17) is 0 Å². The molecular weight excluding hydrogens is 194 g/mol. The van der Waals surface area contributed by atoms with Crippen molar-refractivity contribution in [1.29, 1.82) is 0 Å². The van der Waals surface area contributed by atoms with Crippen LogP contribution >= 0.6 is 16.1 Å². The molecule has 0 aromatic heterocycles. The zero-order valence-electron chi connectivity index (χ0n) is 6.48. The van der Waals surface area contributed by atoms with Gasteiger partial charge in [0.2, 0.25) is 0 Å². The van der Waals surface area contributed by atoms with Crippen molar-refractivity contribution in [2.75, 3.05) is 6.67 Å². The first-order chi connectivity index (χ1) is 4.52. The van der Waals surface area contributed by atoms with Crippen LogP contribution in [0.1, 0.15) is 20.8 Å². The van der Waals surface area contributed by atoms with E-state index in [0.29, 0.717) is 0 Å². The Morgan fingerprint density at radius 2 is 2.20 bits per heavy atom. The molecule has 1 aliphatic heterocycles. The molecule has 4 heteroatoms. The summed E-state index contributed by atoms with van der Waals surface area (Å²) in [5.41, 5.74) is 3.01. The van der Waals surface area contributed by atoms with Crippen molar-refractivity contribution in [3.05, 3.63) is 0 Å². The number of amidine groups is 1. The second-order valence-corrected chi connectivity index (χ2v) is 4.22. The van der Waals surface area contributed by atoms with Gasteiger partial charge in [-0.25, -0.2) is 0 Å². The SMILES string of the molecule is CC(C)(C)C1=NNCN1Br. The molecule has 3 nitrogen and oxygen atoms in total. The fourth-order valence-electron chi connectivity index (χ4n) is 0.833. The number of nitrogens with zero attached hydrogens (tertiary/aromatic N) is 2. The normalized spacial score (nSPS) is 18.8. The maximum Gasteiger partial charge on any atom is 0.141 e. The summed E-state index contributed by atoms with van der Waals surface area (Å²) in [5.74, 6) is 1.05. The van der Waals surface area contributed by atoms with E-state index >= 15 is 0 Å². The second kappa shape index (κ2) is 2.42. The smallest absolute Gasteiger partial charge is 0.141 e. The van der Waals surface area contributed by atoms with E-state index in [1.165, 1.54) is 0 Å². The number of halogens is 1. The Bertz CT molecular complexity index is 159. The van der Waals surface area contributed by atoms with Gasteiger partial charge in [-0.2, -0.15) is 5.10 Å². The lowest BCUT2D eigenvalue weighted by molar-refractivity contribution is 0.537. The van der Waals surface area contributed by atoms with Crippen LogP contribution in [0.5, 0.6) is 0 Å². The molecule has 0 fully saturated rings. The van der Waals surface area contributed by atoms with Crippen LogP contribution in [0.3, 0.4) is 0 Å². The highest BCUT2D eigenvalue weighted by molar-refractivity contribution is 9.07. The molecule has 0 spiro atoms. The van der Waals surface area contributed by atoms with Gasteiger partial charge < -0.3 is 0 Å². The van der Waals surface area contributed by atoms with E-state index in [-0.39, 0.29) is 5.41 Å². The van der Waals surface area contributed by atoms with Crippen LogP contribution in [0, 0.1) is 5.41 Å². The second-order valence-electron chi connectivity index (χ2n) is 3.36. The largest absolute Gasteiger partial charge is 0.288 e. The summed E-state index contributed by atoms with van der Waals surface area (Å²) in [6.45, 7) is 7.15. The molecule has 0 saturated carbocycles. The topological polar surface area (TPSA) is 27.6 Å². The van der Waals surface area contributed by atoms with E-state index in [2.05, 4.69) is 47.4 Å². The van der Waals surface area contributed by atoms with Crippen molar-refractivity contribution in [1.82, 2.24) is 9.35 Å². The zero-order valence-corrected chi connectivity index (χ0v) is 8.07. The van der Waals surface area contributed by atoms with Crippen LogP contribution in [-0.4, -0.2) is 16.4 Å². The van der Waals surface area contributed by atoms with E-state index < -0.39 is 0 Å². The number of rotatable bonds is 0. The van der Waals surface area contributed by atoms with Crippen molar-refractivity contribution in [3.63, 3.8) is 0 Å². The molecule has 10 heavy (non-hydrogen) atoms. The van der Waals surface area contributed by atoms with Crippen molar-refractivity contribution in [2.45, 2.75) is 20.8 Å². The Labute approximate surface area is 69.8 Å². The average Bonchev–Trinajstić information content (AvgIpc) is 2.11. The number of hydrogen-bond acceptors (Lipinski definition) is 3. The molecule has 0 aromatic rings. The van der Waals surface area contributed by atoms with Crippen LogP contribution in [-0.2, 0) is 0 Å². The van der Waals surface area contributed by atoms with Crippen LogP contribution in [0.15, 0.2) is 5.10 Å². The standard InChI is InChI=1S/C6H12BrN3/c1-6(2,3)5-9-8-4-10(5)7/h8H,4H2,1-3H3. The fraction of sp³-hybridized carbons (Fsp3) is 0.833. The van der Waals surface area contributed by atoms with Crippen LogP contribution in [0.4, 0.5) is 0 Å². The lowest BCUT2D eigenvalue weighted by Crippen LogP contribution is -2.29. The Kier molecular flexibility index (Phi) is 1.90. The van der Waals surface area contributed by atoms with Crippen LogP contribution in [0.2, 0.25) is 0 Å². The van der Waals surface area contributed by atoms with Gasteiger partial charge in [0.1, 0.15) is 12.5 Å². The van der Waals surface area contributed by atoms with E-state index in [9.17, 15) is 0 Å². The van der Waals surface area contributed by atoms with Gasteiger partial charge in [0.05, 0.1) is 16.1 Å². The molecule has 1 N–H and O–H groups in total. The van der Waals surface area contributed by atoms with Gasteiger partial charge in [0, 0.05) is 5.41 Å². The molecule has 0 radical (unpaired) electrons. The molecule has 1 aliphatic rings. The fourth-order valence-corrected chi connectivity index (χ4v) is 1.56. The third-order valence-electron chi connectivity index (χ3n) is 1.30. The molecule has 1 rings (SSSR count). The average molecular weight is 206 g/mol. The molecule has 58 valence electrons. The summed E-state index contributed by atoms with van der Waals surface area (Å²) in [6, 6.07) is 0. The minimum Gasteiger partial charge on any atom is -0.288 e. The minimum absolute atomic E-state index is 0.118. The van der Waals surface area contributed by atoms with E-state index in [1.807, 2.05) is 3.93 Å². The predicted octanol–water partition coefficient (Wildman–Crippen LogP) is 1.52. The van der Waals surface area contributed by atoms with Gasteiger partial charge in [-0.15, -0.1) is 0 Å². The summed E-state index contributed by atoms with van der Waals surface area (Å²) < 4.78 is 1.94. The first kappa shape index (κ1) is 7.85. The lowest BCUT2D eigenvalue weighted by atomic mass is 9.95. The molecule has 0 atom stereocenters. The molecule has 0 bridgehead atoms. The third-order valence-corrected chi connectivity index (χ3v) is 1.88.